The van der Waals surface area contributed by atoms with Crippen LogP contribution in [0.25, 0.3) is 0 Å². The zero-order valence-electron chi connectivity index (χ0n) is 12.7. The highest BCUT2D eigenvalue weighted by atomic mass is 35.5. The van der Waals surface area contributed by atoms with Crippen LogP contribution in [0.5, 0.6) is 0 Å². The second-order valence-electron chi connectivity index (χ2n) is 5.75. The lowest BCUT2D eigenvalue weighted by Crippen LogP contribution is -2.49. The first kappa shape index (κ1) is 18.8. The molecule has 0 radical (unpaired) electrons. The molecule has 134 valence electrons. The molecule has 4 N–H and O–H groups in total. The molecule has 24 heavy (non-hydrogen) atoms. The van der Waals surface area contributed by atoms with Gasteiger partial charge in [0.2, 0.25) is 5.91 Å². The van der Waals surface area contributed by atoms with Crippen molar-refractivity contribution < 1.29 is 17.6 Å². The Bertz CT molecular complexity index is 738. The van der Waals surface area contributed by atoms with E-state index in [9.17, 15) is 17.6 Å². The molecule has 0 bridgehead atoms. The highest BCUT2D eigenvalue weighted by Gasteiger charge is 2.37. The summed E-state index contributed by atoms with van der Waals surface area (Å²) in [6.45, 7) is 0.377. The number of piperidine rings is 1. The first-order chi connectivity index (χ1) is 10.8. The number of amides is 1. The first-order valence-corrected chi connectivity index (χ1v) is 8.65. The Morgan fingerprint density at radius 2 is 2.04 bits per heavy atom. The number of nitrogens with zero attached hydrogens (tertiary/aromatic N) is 3. The summed E-state index contributed by atoms with van der Waals surface area (Å²) >= 11 is 0. The maximum absolute atomic E-state index is 14.6. The lowest BCUT2D eigenvalue weighted by Gasteiger charge is -2.37. The van der Waals surface area contributed by atoms with Crippen LogP contribution in [0, 0.1) is 0 Å². The van der Waals surface area contributed by atoms with Crippen LogP contribution in [-0.2, 0) is 21.4 Å². The number of hydrogen-bond acceptors (Lipinski definition) is 6. The monoisotopic (exact) mass is 380 g/mol. The van der Waals surface area contributed by atoms with Gasteiger partial charge in [0, 0.05) is 38.0 Å². The van der Waals surface area contributed by atoms with Crippen molar-refractivity contribution in [3.05, 3.63) is 11.9 Å². The normalized spacial score (nSPS) is 19.4. The van der Waals surface area contributed by atoms with E-state index in [-0.39, 0.29) is 44.1 Å². The second-order valence-corrected chi connectivity index (χ2v) is 7.13. The van der Waals surface area contributed by atoms with Crippen LogP contribution in [0.3, 0.4) is 0 Å². The van der Waals surface area contributed by atoms with Gasteiger partial charge in [-0.1, -0.05) is 0 Å². The standard InChI is InChI=1S/C12H17FN6O3S.ClH/c13-12(6-17-23(14,21)22)1-3-19(4-2-12)11-8-5-9(20)18-10(8)15-7-16-11;/h7,17H,1-6H2,(H2,14,21,22)(H,15,16,18,20);1H. The number of anilines is 2. The van der Waals surface area contributed by atoms with Gasteiger partial charge in [-0.05, 0) is 0 Å². The third-order valence-electron chi connectivity index (χ3n) is 4.07. The van der Waals surface area contributed by atoms with E-state index < -0.39 is 15.9 Å². The molecule has 1 amide bonds. The Balaban J connectivity index is 0.00000208. The lowest BCUT2D eigenvalue weighted by molar-refractivity contribution is -0.115. The Labute approximate surface area is 144 Å². The van der Waals surface area contributed by atoms with Crippen molar-refractivity contribution >= 4 is 40.2 Å². The number of alkyl halides is 1. The fourth-order valence-electron chi connectivity index (χ4n) is 2.81. The second kappa shape index (κ2) is 6.75. The average Bonchev–Trinajstić information content (AvgIpc) is 2.86. The highest BCUT2D eigenvalue weighted by molar-refractivity contribution is 7.87. The number of nitrogens with one attached hydrogen (secondary N) is 2. The summed E-state index contributed by atoms with van der Waals surface area (Å²) in [5.74, 6) is 0.971. The van der Waals surface area contributed by atoms with E-state index in [1.54, 1.807) is 0 Å². The van der Waals surface area contributed by atoms with Gasteiger partial charge in [0.05, 0.1) is 6.42 Å². The largest absolute Gasteiger partial charge is 0.356 e. The Morgan fingerprint density at radius 3 is 2.67 bits per heavy atom. The van der Waals surface area contributed by atoms with Crippen LogP contribution in [0.2, 0.25) is 0 Å². The number of carbonyl (C=O) groups excluding carboxylic acids is 1. The van der Waals surface area contributed by atoms with Gasteiger partial charge >= 0.3 is 0 Å². The quantitative estimate of drug-likeness (QED) is 0.645. The SMILES string of the molecule is Cl.NS(=O)(=O)NCC1(F)CCN(c2ncnc3c2CC(=O)N3)CC1. The Morgan fingerprint density at radius 1 is 1.38 bits per heavy atom. The van der Waals surface area contributed by atoms with Crippen molar-refractivity contribution in [3.8, 4) is 0 Å². The van der Waals surface area contributed by atoms with Crippen LogP contribution in [-0.4, -0.2) is 49.6 Å². The minimum absolute atomic E-state index is 0. The number of fused-ring (bicyclic) bond motifs is 1. The predicted molar refractivity (Wildman–Crippen MR) is 88.0 cm³/mol. The smallest absolute Gasteiger partial charge is 0.274 e. The lowest BCUT2D eigenvalue weighted by atomic mass is 9.93. The molecule has 3 heterocycles. The van der Waals surface area contributed by atoms with Crippen molar-refractivity contribution in [2.75, 3.05) is 29.9 Å². The molecule has 9 nitrogen and oxygen atoms in total. The van der Waals surface area contributed by atoms with Gasteiger partial charge in [-0.3, -0.25) is 4.79 Å². The number of aromatic nitrogens is 2. The Hall–Kier alpha value is -1.56. The highest BCUT2D eigenvalue weighted by Crippen LogP contribution is 2.33. The molecule has 1 aromatic rings. The summed E-state index contributed by atoms with van der Waals surface area (Å²) in [6.07, 6.45) is 1.83. The van der Waals surface area contributed by atoms with E-state index in [1.165, 1.54) is 6.33 Å². The molecular weight excluding hydrogens is 363 g/mol. The minimum Gasteiger partial charge on any atom is -0.356 e. The number of rotatable bonds is 4. The topological polar surface area (TPSA) is 130 Å². The molecular formula is C12H18ClFN6O3S. The molecule has 1 fully saturated rings. The molecule has 3 rings (SSSR count). The van der Waals surface area contributed by atoms with Crippen LogP contribution in [0.15, 0.2) is 6.33 Å². The van der Waals surface area contributed by atoms with Crippen molar-refractivity contribution in [3.63, 3.8) is 0 Å². The number of nitrogens with two attached hydrogens (primary N) is 1. The van der Waals surface area contributed by atoms with Crippen molar-refractivity contribution in [1.29, 1.82) is 0 Å². The van der Waals surface area contributed by atoms with Crippen molar-refractivity contribution in [2.24, 2.45) is 5.14 Å². The van der Waals surface area contributed by atoms with Crippen LogP contribution in [0.1, 0.15) is 18.4 Å². The van der Waals surface area contributed by atoms with E-state index in [0.717, 1.165) is 0 Å². The molecule has 0 unspecified atom stereocenters. The fraction of sp³-hybridized carbons (Fsp3) is 0.583. The third-order valence-corrected chi connectivity index (χ3v) is 4.61. The molecule has 0 saturated carbocycles. The Kier molecular flexibility index (Phi) is 5.28. The molecule has 0 aromatic carbocycles. The van der Waals surface area contributed by atoms with Crippen LogP contribution < -0.4 is 20.1 Å². The van der Waals surface area contributed by atoms with Gasteiger partial charge in [0.15, 0.2) is 0 Å². The fourth-order valence-corrected chi connectivity index (χ4v) is 3.27. The number of halogens is 2. The van der Waals surface area contributed by atoms with E-state index in [4.69, 9.17) is 5.14 Å². The molecule has 2 aliphatic rings. The van der Waals surface area contributed by atoms with Crippen molar-refractivity contribution in [2.45, 2.75) is 24.9 Å². The van der Waals surface area contributed by atoms with Crippen LogP contribution >= 0.6 is 12.4 Å². The molecule has 1 aromatic heterocycles. The molecule has 0 aliphatic carbocycles. The van der Waals surface area contributed by atoms with Crippen molar-refractivity contribution in [1.82, 2.24) is 14.7 Å². The molecule has 12 heteroatoms. The van der Waals surface area contributed by atoms with Gasteiger partial charge in [-0.15, -0.1) is 12.4 Å². The summed E-state index contributed by atoms with van der Waals surface area (Å²) in [4.78, 5) is 21.6. The molecule has 2 aliphatic heterocycles. The number of carbonyl (C=O) groups is 1. The molecule has 0 spiro atoms. The summed E-state index contributed by atoms with van der Waals surface area (Å²) in [6, 6.07) is 0. The van der Waals surface area contributed by atoms with Gasteiger partial charge in [-0.25, -0.2) is 19.5 Å². The van der Waals surface area contributed by atoms with E-state index in [2.05, 4.69) is 15.3 Å². The molecule has 1 saturated heterocycles. The van der Waals surface area contributed by atoms with E-state index in [1.807, 2.05) is 9.62 Å². The summed E-state index contributed by atoms with van der Waals surface area (Å²) in [7, 11) is -3.91. The minimum atomic E-state index is -3.91. The van der Waals surface area contributed by atoms with Gasteiger partial charge in [-0.2, -0.15) is 13.1 Å². The maximum atomic E-state index is 14.6. The number of hydrogen-bond donors (Lipinski definition) is 3. The summed E-state index contributed by atoms with van der Waals surface area (Å²) in [5.41, 5.74) is -0.931. The maximum Gasteiger partial charge on any atom is 0.274 e. The zero-order chi connectivity index (χ0) is 16.7. The average molecular weight is 381 g/mol. The van der Waals surface area contributed by atoms with E-state index >= 15 is 0 Å². The van der Waals surface area contributed by atoms with E-state index in [0.29, 0.717) is 30.3 Å². The predicted octanol–water partition coefficient (Wildman–Crippen LogP) is -0.505. The molecule has 0 atom stereocenters. The van der Waals surface area contributed by atoms with Gasteiger partial charge in [0.25, 0.3) is 10.2 Å². The summed E-state index contributed by atoms with van der Waals surface area (Å²) < 4.78 is 38.4. The van der Waals surface area contributed by atoms with Gasteiger partial charge in [0.1, 0.15) is 23.6 Å². The summed E-state index contributed by atoms with van der Waals surface area (Å²) in [5, 5.41) is 7.48. The zero-order valence-corrected chi connectivity index (χ0v) is 14.3. The van der Waals surface area contributed by atoms with Crippen LogP contribution in [0.4, 0.5) is 16.0 Å². The third kappa shape index (κ3) is 4.09. The van der Waals surface area contributed by atoms with Gasteiger partial charge < -0.3 is 10.2 Å². The first-order valence-electron chi connectivity index (χ1n) is 7.11.